The number of amides is 1. The Morgan fingerprint density at radius 2 is 2.26 bits per heavy atom. The third kappa shape index (κ3) is 4.25. The first-order valence-corrected chi connectivity index (χ1v) is 7.63. The number of aromatic nitrogens is 3. The molecule has 1 heterocycles. The largest absolute Gasteiger partial charge is 0.320 e. The maximum absolute atomic E-state index is 13.1. The van der Waals surface area contributed by atoms with Crippen LogP contribution in [-0.2, 0) is 4.79 Å². The molecule has 0 aliphatic carbocycles. The zero-order valence-corrected chi connectivity index (χ0v) is 13.2. The Morgan fingerprint density at radius 3 is 2.91 bits per heavy atom. The molecule has 2 aromatic rings. The van der Waals surface area contributed by atoms with Gasteiger partial charge in [0.2, 0.25) is 5.91 Å². The highest BCUT2D eigenvalue weighted by molar-refractivity contribution is 7.99. The first-order valence-electron chi connectivity index (χ1n) is 6.64. The highest BCUT2D eigenvalue weighted by atomic mass is 32.2. The van der Waals surface area contributed by atoms with Gasteiger partial charge in [-0.05, 0) is 26.0 Å². The van der Waals surface area contributed by atoms with Crippen LogP contribution in [0.2, 0.25) is 0 Å². The number of carbonyl (C=O) groups excluding carboxylic acids is 1. The summed E-state index contributed by atoms with van der Waals surface area (Å²) in [4.78, 5) is 22.1. The lowest BCUT2D eigenvalue weighted by Crippen LogP contribution is -2.16. The molecule has 8 nitrogen and oxygen atoms in total. The van der Waals surface area contributed by atoms with E-state index in [2.05, 4.69) is 15.5 Å². The Morgan fingerprint density at radius 1 is 1.52 bits per heavy atom. The van der Waals surface area contributed by atoms with E-state index in [1.54, 1.807) is 10.9 Å². The van der Waals surface area contributed by atoms with Crippen LogP contribution in [0.1, 0.15) is 19.9 Å². The van der Waals surface area contributed by atoms with Crippen molar-refractivity contribution >= 4 is 29.0 Å². The lowest BCUT2D eigenvalue weighted by Gasteiger charge is -2.09. The molecule has 23 heavy (non-hydrogen) atoms. The molecule has 0 atom stereocenters. The number of anilines is 1. The minimum atomic E-state index is -0.749. The van der Waals surface area contributed by atoms with Gasteiger partial charge in [-0.1, -0.05) is 11.8 Å². The van der Waals surface area contributed by atoms with Crippen LogP contribution in [0.25, 0.3) is 0 Å². The first kappa shape index (κ1) is 16.9. The Bertz CT molecular complexity index is 734. The van der Waals surface area contributed by atoms with E-state index in [-0.39, 0.29) is 17.5 Å². The highest BCUT2D eigenvalue weighted by Gasteiger charge is 2.18. The van der Waals surface area contributed by atoms with Crippen LogP contribution in [0, 0.1) is 15.9 Å². The van der Waals surface area contributed by atoms with Crippen molar-refractivity contribution in [1.29, 1.82) is 0 Å². The van der Waals surface area contributed by atoms with Gasteiger partial charge in [-0.2, -0.15) is 0 Å². The zero-order chi connectivity index (χ0) is 17.0. The maximum atomic E-state index is 13.1. The van der Waals surface area contributed by atoms with Crippen LogP contribution in [0.5, 0.6) is 0 Å². The van der Waals surface area contributed by atoms with E-state index in [4.69, 9.17) is 0 Å². The number of thioether (sulfide) groups is 1. The molecule has 1 aromatic carbocycles. The van der Waals surface area contributed by atoms with Gasteiger partial charge < -0.3 is 9.88 Å². The highest BCUT2D eigenvalue weighted by Crippen LogP contribution is 2.25. The third-order valence-electron chi connectivity index (χ3n) is 2.86. The van der Waals surface area contributed by atoms with Gasteiger partial charge in [0.15, 0.2) is 5.16 Å². The molecule has 0 saturated carbocycles. The standard InChI is InChI=1S/C13H14FN5O3S/c1-8(2)18-7-15-17-13(18)23-6-12(20)16-10-4-3-9(14)5-11(10)19(21)22/h3-5,7-8H,6H2,1-2H3,(H,16,20). The molecule has 1 N–H and O–H groups in total. The minimum Gasteiger partial charge on any atom is -0.320 e. The Hall–Kier alpha value is -2.49. The van der Waals surface area contributed by atoms with Crippen molar-refractivity contribution in [3.05, 3.63) is 40.5 Å². The summed E-state index contributed by atoms with van der Waals surface area (Å²) in [6.07, 6.45) is 1.57. The number of rotatable bonds is 6. The summed E-state index contributed by atoms with van der Waals surface area (Å²) in [5, 5.41) is 21.6. The van der Waals surface area contributed by atoms with E-state index in [0.717, 1.165) is 30.0 Å². The van der Waals surface area contributed by atoms with Gasteiger partial charge in [0.1, 0.15) is 17.8 Å². The molecular formula is C13H14FN5O3S. The van der Waals surface area contributed by atoms with Crippen LogP contribution in [-0.4, -0.2) is 31.3 Å². The molecule has 0 spiro atoms. The number of hydrogen-bond acceptors (Lipinski definition) is 6. The number of nitro groups is 1. The van der Waals surface area contributed by atoms with E-state index >= 15 is 0 Å². The zero-order valence-electron chi connectivity index (χ0n) is 12.4. The number of nitro benzene ring substituents is 1. The molecule has 0 fully saturated rings. The molecule has 10 heteroatoms. The Balaban J connectivity index is 2.03. The molecule has 1 amide bonds. The van der Waals surface area contributed by atoms with Crippen LogP contribution in [0.15, 0.2) is 29.7 Å². The van der Waals surface area contributed by atoms with Crippen molar-refractivity contribution in [3.63, 3.8) is 0 Å². The van der Waals surface area contributed by atoms with Crippen LogP contribution >= 0.6 is 11.8 Å². The summed E-state index contributed by atoms with van der Waals surface area (Å²) >= 11 is 1.16. The fourth-order valence-corrected chi connectivity index (χ4v) is 2.61. The second kappa shape index (κ2) is 7.18. The Labute approximate surface area is 135 Å². The number of benzene rings is 1. The minimum absolute atomic E-state index is 0.0000555. The number of nitrogens with zero attached hydrogens (tertiary/aromatic N) is 4. The maximum Gasteiger partial charge on any atom is 0.295 e. The topological polar surface area (TPSA) is 103 Å². The summed E-state index contributed by atoms with van der Waals surface area (Å²) in [6, 6.07) is 3.12. The summed E-state index contributed by atoms with van der Waals surface area (Å²) in [7, 11) is 0. The average Bonchev–Trinajstić information content (AvgIpc) is 2.95. The van der Waals surface area contributed by atoms with Gasteiger partial charge in [0, 0.05) is 6.04 Å². The van der Waals surface area contributed by atoms with Crippen molar-refractivity contribution < 1.29 is 14.1 Å². The molecule has 0 saturated heterocycles. The molecule has 0 unspecified atom stereocenters. The number of nitrogens with one attached hydrogen (secondary N) is 1. The van der Waals surface area contributed by atoms with Crippen molar-refractivity contribution in [3.8, 4) is 0 Å². The fourth-order valence-electron chi connectivity index (χ4n) is 1.77. The van der Waals surface area contributed by atoms with Gasteiger partial charge in [0.05, 0.1) is 16.7 Å². The van der Waals surface area contributed by atoms with Gasteiger partial charge in [-0.3, -0.25) is 14.9 Å². The van der Waals surface area contributed by atoms with E-state index in [1.807, 2.05) is 13.8 Å². The van der Waals surface area contributed by atoms with Crippen LogP contribution in [0.4, 0.5) is 15.8 Å². The SMILES string of the molecule is CC(C)n1cnnc1SCC(=O)Nc1ccc(F)cc1[N+](=O)[O-]. The average molecular weight is 339 g/mol. The summed E-state index contributed by atoms with van der Waals surface area (Å²) in [6.45, 7) is 3.91. The lowest BCUT2D eigenvalue weighted by atomic mass is 10.2. The predicted molar refractivity (Wildman–Crippen MR) is 82.8 cm³/mol. The Kier molecular flexibility index (Phi) is 5.27. The molecule has 0 aliphatic heterocycles. The van der Waals surface area contributed by atoms with Crippen molar-refractivity contribution in [1.82, 2.24) is 14.8 Å². The van der Waals surface area contributed by atoms with E-state index in [1.165, 1.54) is 0 Å². The van der Waals surface area contributed by atoms with Gasteiger partial charge >= 0.3 is 0 Å². The van der Waals surface area contributed by atoms with Crippen molar-refractivity contribution in [2.45, 2.75) is 25.0 Å². The fraction of sp³-hybridized carbons (Fsp3) is 0.308. The van der Waals surface area contributed by atoms with E-state index in [0.29, 0.717) is 5.16 Å². The summed E-state index contributed by atoms with van der Waals surface area (Å²) in [5.74, 6) is -1.20. The second-order valence-corrected chi connectivity index (χ2v) is 5.81. The van der Waals surface area contributed by atoms with Gasteiger partial charge in [0.25, 0.3) is 5.69 Å². The smallest absolute Gasteiger partial charge is 0.295 e. The van der Waals surface area contributed by atoms with Crippen LogP contribution in [0.3, 0.4) is 0 Å². The molecule has 2 rings (SSSR count). The van der Waals surface area contributed by atoms with Crippen LogP contribution < -0.4 is 5.32 Å². The second-order valence-electron chi connectivity index (χ2n) is 4.87. The molecule has 0 aliphatic rings. The first-order chi connectivity index (χ1) is 10.9. The molecule has 0 radical (unpaired) electrons. The summed E-state index contributed by atoms with van der Waals surface area (Å²) in [5.41, 5.74) is -0.541. The van der Waals surface area contributed by atoms with Crippen molar-refractivity contribution in [2.24, 2.45) is 0 Å². The normalized spacial score (nSPS) is 10.8. The monoisotopic (exact) mass is 339 g/mol. The van der Waals surface area contributed by atoms with Gasteiger partial charge in [-0.25, -0.2) is 4.39 Å². The van der Waals surface area contributed by atoms with E-state index in [9.17, 15) is 19.3 Å². The molecule has 0 bridgehead atoms. The lowest BCUT2D eigenvalue weighted by molar-refractivity contribution is -0.384. The third-order valence-corrected chi connectivity index (χ3v) is 3.82. The number of carbonyl (C=O) groups is 1. The number of hydrogen-bond donors (Lipinski definition) is 1. The predicted octanol–water partition coefficient (Wildman–Crippen LogP) is 2.64. The molecule has 122 valence electrons. The summed E-state index contributed by atoms with van der Waals surface area (Å²) < 4.78 is 14.9. The van der Waals surface area contributed by atoms with Crippen molar-refractivity contribution in [2.75, 3.05) is 11.1 Å². The number of halogens is 1. The van der Waals surface area contributed by atoms with E-state index < -0.39 is 22.3 Å². The molecule has 1 aromatic heterocycles. The molecular weight excluding hydrogens is 325 g/mol. The quantitative estimate of drug-likeness (QED) is 0.493. The van der Waals surface area contributed by atoms with Gasteiger partial charge in [-0.15, -0.1) is 10.2 Å².